The van der Waals surface area contributed by atoms with Crippen LogP contribution < -0.4 is 5.19 Å². The first-order valence-corrected chi connectivity index (χ1v) is 9.86. The Labute approximate surface area is 117 Å². The van der Waals surface area contributed by atoms with Gasteiger partial charge in [-0.25, -0.2) is 0 Å². The van der Waals surface area contributed by atoms with E-state index in [4.69, 9.17) is 0 Å². The maximum atomic E-state index is 12.5. The Hall–Kier alpha value is -1.56. The Bertz CT molecular complexity index is 580. The maximum Gasteiger partial charge on any atom is 0.435 e. The predicted molar refractivity (Wildman–Crippen MR) is 75.8 cm³/mol. The molecule has 0 aliphatic heterocycles. The molecular formula is C14H17F3N2Si. The van der Waals surface area contributed by atoms with E-state index in [2.05, 4.69) is 36.9 Å². The van der Waals surface area contributed by atoms with Gasteiger partial charge in [0.1, 0.15) is 0 Å². The standard InChI is InChI=1S/C14H17F3N2Si/c1-20(2,3)12-6-4-11(5-7-12)10-19-9-8-13(18-19)14(15,16)17/h4-9H,10H2,1-3H3. The lowest BCUT2D eigenvalue weighted by atomic mass is 10.2. The quantitative estimate of drug-likeness (QED) is 0.793. The molecular weight excluding hydrogens is 281 g/mol. The van der Waals surface area contributed by atoms with E-state index in [9.17, 15) is 13.2 Å². The van der Waals surface area contributed by atoms with Crippen molar-refractivity contribution < 1.29 is 13.2 Å². The number of benzene rings is 1. The third kappa shape index (κ3) is 3.50. The van der Waals surface area contributed by atoms with Crippen LogP contribution in [-0.4, -0.2) is 17.9 Å². The summed E-state index contributed by atoms with van der Waals surface area (Å²) in [6, 6.07) is 9.05. The van der Waals surface area contributed by atoms with Crippen LogP contribution in [0.15, 0.2) is 36.5 Å². The first-order valence-electron chi connectivity index (χ1n) is 6.36. The van der Waals surface area contributed by atoms with Crippen LogP contribution in [0.2, 0.25) is 19.6 Å². The molecule has 0 saturated carbocycles. The predicted octanol–water partition coefficient (Wildman–Crippen LogP) is 3.50. The van der Waals surface area contributed by atoms with Crippen molar-refractivity contribution >= 4 is 13.3 Å². The van der Waals surface area contributed by atoms with Gasteiger partial charge in [-0.3, -0.25) is 4.68 Å². The van der Waals surface area contributed by atoms with Gasteiger partial charge in [-0.05, 0) is 11.6 Å². The summed E-state index contributed by atoms with van der Waals surface area (Å²) in [6.45, 7) is 7.11. The van der Waals surface area contributed by atoms with Gasteiger partial charge in [0.05, 0.1) is 14.6 Å². The fraction of sp³-hybridized carbons (Fsp3) is 0.357. The van der Waals surface area contributed by atoms with Gasteiger partial charge in [-0.1, -0.05) is 49.1 Å². The van der Waals surface area contributed by atoms with Crippen molar-refractivity contribution in [2.24, 2.45) is 0 Å². The van der Waals surface area contributed by atoms with Gasteiger partial charge in [0.25, 0.3) is 0 Å². The fourth-order valence-electron chi connectivity index (χ4n) is 1.90. The Balaban J connectivity index is 2.13. The Morgan fingerprint density at radius 1 is 1.05 bits per heavy atom. The zero-order valence-electron chi connectivity index (χ0n) is 11.7. The highest BCUT2D eigenvalue weighted by atomic mass is 28.3. The second-order valence-electron chi connectivity index (χ2n) is 5.84. The first kappa shape index (κ1) is 14.8. The van der Waals surface area contributed by atoms with Crippen molar-refractivity contribution in [2.45, 2.75) is 32.4 Å². The van der Waals surface area contributed by atoms with Crippen LogP contribution in [-0.2, 0) is 12.7 Å². The van der Waals surface area contributed by atoms with E-state index in [1.54, 1.807) is 0 Å². The third-order valence-electron chi connectivity index (χ3n) is 3.10. The molecule has 2 rings (SSSR count). The zero-order chi connectivity index (χ0) is 15.0. The van der Waals surface area contributed by atoms with Gasteiger partial charge in [0, 0.05) is 6.20 Å². The number of aromatic nitrogens is 2. The van der Waals surface area contributed by atoms with Crippen LogP contribution in [0.4, 0.5) is 13.2 Å². The van der Waals surface area contributed by atoms with Crippen LogP contribution in [0.5, 0.6) is 0 Å². The molecule has 0 aliphatic carbocycles. The minimum Gasteiger partial charge on any atom is -0.268 e. The zero-order valence-corrected chi connectivity index (χ0v) is 12.7. The Morgan fingerprint density at radius 2 is 1.65 bits per heavy atom. The monoisotopic (exact) mass is 298 g/mol. The highest BCUT2D eigenvalue weighted by molar-refractivity contribution is 6.88. The number of hydrogen-bond donors (Lipinski definition) is 0. The molecule has 0 fully saturated rings. The van der Waals surface area contributed by atoms with E-state index in [1.807, 2.05) is 12.1 Å². The molecule has 0 N–H and O–H groups in total. The molecule has 2 aromatic rings. The fourth-order valence-corrected chi connectivity index (χ4v) is 3.06. The molecule has 0 saturated heterocycles. The molecule has 0 unspecified atom stereocenters. The highest BCUT2D eigenvalue weighted by Crippen LogP contribution is 2.27. The minimum atomic E-state index is -4.38. The molecule has 2 nitrogen and oxygen atoms in total. The minimum absolute atomic E-state index is 0.349. The van der Waals surface area contributed by atoms with E-state index < -0.39 is 19.9 Å². The molecule has 0 atom stereocenters. The highest BCUT2D eigenvalue weighted by Gasteiger charge is 2.33. The van der Waals surface area contributed by atoms with Crippen molar-refractivity contribution in [3.05, 3.63) is 47.8 Å². The lowest BCUT2D eigenvalue weighted by Crippen LogP contribution is -2.37. The lowest BCUT2D eigenvalue weighted by Gasteiger charge is -2.16. The summed E-state index contributed by atoms with van der Waals surface area (Å²) in [5, 5.41) is 4.88. The molecule has 0 aliphatic rings. The first-order chi connectivity index (χ1) is 9.16. The number of halogens is 3. The molecule has 0 amide bonds. The molecule has 0 bridgehead atoms. The van der Waals surface area contributed by atoms with Crippen molar-refractivity contribution in [2.75, 3.05) is 0 Å². The topological polar surface area (TPSA) is 17.8 Å². The molecule has 0 spiro atoms. The Morgan fingerprint density at radius 3 is 2.10 bits per heavy atom. The van der Waals surface area contributed by atoms with Crippen molar-refractivity contribution in [3.8, 4) is 0 Å². The second-order valence-corrected chi connectivity index (χ2v) is 10.9. The number of rotatable bonds is 3. The molecule has 6 heteroatoms. The van der Waals surface area contributed by atoms with E-state index in [0.29, 0.717) is 6.54 Å². The summed E-state index contributed by atoms with van der Waals surface area (Å²) in [5.74, 6) is 0. The van der Waals surface area contributed by atoms with Gasteiger partial charge >= 0.3 is 6.18 Å². The normalized spacial score (nSPS) is 12.7. The summed E-state index contributed by atoms with van der Waals surface area (Å²) < 4.78 is 38.7. The summed E-state index contributed by atoms with van der Waals surface area (Å²) in [7, 11) is -1.34. The van der Waals surface area contributed by atoms with Crippen molar-refractivity contribution in [1.82, 2.24) is 9.78 Å². The lowest BCUT2D eigenvalue weighted by molar-refractivity contribution is -0.141. The van der Waals surface area contributed by atoms with E-state index in [-0.39, 0.29) is 0 Å². The average molecular weight is 298 g/mol. The van der Waals surface area contributed by atoms with Gasteiger partial charge in [-0.15, -0.1) is 0 Å². The number of nitrogens with zero attached hydrogens (tertiary/aromatic N) is 2. The molecule has 0 radical (unpaired) electrons. The second kappa shape index (κ2) is 5.09. The largest absolute Gasteiger partial charge is 0.435 e. The van der Waals surface area contributed by atoms with Crippen LogP contribution in [0.1, 0.15) is 11.3 Å². The van der Waals surface area contributed by atoms with Crippen molar-refractivity contribution in [3.63, 3.8) is 0 Å². The molecule has 1 aromatic carbocycles. The average Bonchev–Trinajstić information content (AvgIpc) is 2.77. The van der Waals surface area contributed by atoms with Crippen LogP contribution in [0.3, 0.4) is 0 Å². The van der Waals surface area contributed by atoms with Crippen LogP contribution in [0, 0.1) is 0 Å². The summed E-state index contributed by atoms with van der Waals surface area (Å²) in [6.07, 6.45) is -3.03. The van der Waals surface area contributed by atoms with Crippen LogP contribution in [0.25, 0.3) is 0 Å². The molecule has 1 heterocycles. The van der Waals surface area contributed by atoms with Gasteiger partial charge < -0.3 is 0 Å². The summed E-state index contributed by atoms with van der Waals surface area (Å²) in [4.78, 5) is 0. The van der Waals surface area contributed by atoms with E-state index in [1.165, 1.54) is 16.1 Å². The summed E-state index contributed by atoms with van der Waals surface area (Å²) in [5.41, 5.74) is 0.0973. The van der Waals surface area contributed by atoms with Gasteiger partial charge in [-0.2, -0.15) is 18.3 Å². The number of alkyl halides is 3. The van der Waals surface area contributed by atoms with Crippen molar-refractivity contribution in [1.29, 1.82) is 0 Å². The van der Waals surface area contributed by atoms with E-state index in [0.717, 1.165) is 11.6 Å². The molecule has 108 valence electrons. The third-order valence-corrected chi connectivity index (χ3v) is 5.16. The van der Waals surface area contributed by atoms with E-state index >= 15 is 0 Å². The Kier molecular flexibility index (Phi) is 3.77. The smallest absolute Gasteiger partial charge is 0.268 e. The SMILES string of the molecule is C[Si](C)(C)c1ccc(Cn2ccc(C(F)(F)F)n2)cc1. The van der Waals surface area contributed by atoms with Gasteiger partial charge in [0.2, 0.25) is 0 Å². The number of hydrogen-bond acceptors (Lipinski definition) is 1. The molecule has 20 heavy (non-hydrogen) atoms. The van der Waals surface area contributed by atoms with Crippen LogP contribution >= 0.6 is 0 Å². The summed E-state index contributed by atoms with van der Waals surface area (Å²) >= 11 is 0. The maximum absolute atomic E-state index is 12.5. The van der Waals surface area contributed by atoms with Gasteiger partial charge in [0.15, 0.2) is 5.69 Å². The molecule has 1 aromatic heterocycles.